The van der Waals surface area contributed by atoms with Crippen LogP contribution in [-0.2, 0) is 13.0 Å². The van der Waals surface area contributed by atoms with Crippen LogP contribution >= 0.6 is 0 Å². The molecule has 2 aliphatic rings. The molecule has 2 fully saturated rings. The van der Waals surface area contributed by atoms with Crippen molar-refractivity contribution in [3.05, 3.63) is 35.4 Å². The summed E-state index contributed by atoms with van der Waals surface area (Å²) >= 11 is 0. The molecular weight excluding hydrogens is 244 g/mol. The maximum atomic E-state index is 3.69. The van der Waals surface area contributed by atoms with Gasteiger partial charge in [0.05, 0.1) is 0 Å². The maximum Gasteiger partial charge on any atom is 0.0338 e. The molecule has 2 heteroatoms. The van der Waals surface area contributed by atoms with E-state index in [-0.39, 0.29) is 0 Å². The highest BCUT2D eigenvalue weighted by Crippen LogP contribution is 2.44. The molecule has 0 radical (unpaired) electrons. The lowest BCUT2D eigenvalue weighted by atomic mass is 9.89. The minimum atomic E-state index is 0.357. The van der Waals surface area contributed by atoms with E-state index in [0.717, 1.165) is 25.4 Å². The zero-order chi connectivity index (χ0) is 14.2. The molecule has 110 valence electrons. The highest BCUT2D eigenvalue weighted by Gasteiger charge is 2.47. The Kier molecular flexibility index (Phi) is 3.87. The minimum absolute atomic E-state index is 0.357. The van der Waals surface area contributed by atoms with E-state index in [1.165, 1.54) is 30.5 Å². The topological polar surface area (TPSA) is 15.3 Å². The van der Waals surface area contributed by atoms with Crippen molar-refractivity contribution in [1.82, 2.24) is 10.2 Å². The van der Waals surface area contributed by atoms with E-state index in [1.54, 1.807) is 0 Å². The van der Waals surface area contributed by atoms with Gasteiger partial charge in [0, 0.05) is 31.2 Å². The van der Waals surface area contributed by atoms with E-state index in [0.29, 0.717) is 11.6 Å². The molecule has 1 aliphatic carbocycles. The summed E-state index contributed by atoms with van der Waals surface area (Å²) < 4.78 is 0. The Bertz CT molecular complexity index is 449. The third-order valence-electron chi connectivity index (χ3n) is 5.29. The van der Waals surface area contributed by atoms with Crippen molar-refractivity contribution in [3.63, 3.8) is 0 Å². The first-order valence-corrected chi connectivity index (χ1v) is 8.18. The number of nitrogens with zero attached hydrogens (tertiary/aromatic N) is 1. The molecule has 1 N–H and O–H groups in total. The van der Waals surface area contributed by atoms with Gasteiger partial charge >= 0.3 is 0 Å². The lowest BCUT2D eigenvalue weighted by Gasteiger charge is -2.48. The molecule has 1 saturated heterocycles. The van der Waals surface area contributed by atoms with Gasteiger partial charge in [-0.05, 0) is 50.2 Å². The zero-order valence-electron chi connectivity index (χ0n) is 13.2. The predicted molar refractivity (Wildman–Crippen MR) is 84.8 cm³/mol. The molecule has 1 saturated carbocycles. The molecule has 2 nitrogen and oxygen atoms in total. The molecule has 0 aromatic heterocycles. The zero-order valence-corrected chi connectivity index (χ0v) is 13.2. The van der Waals surface area contributed by atoms with Crippen LogP contribution in [0.5, 0.6) is 0 Å². The number of hydrogen-bond acceptors (Lipinski definition) is 2. The van der Waals surface area contributed by atoms with Gasteiger partial charge in [-0.3, -0.25) is 4.90 Å². The van der Waals surface area contributed by atoms with E-state index < -0.39 is 0 Å². The van der Waals surface area contributed by atoms with Crippen molar-refractivity contribution in [2.45, 2.75) is 58.2 Å². The highest BCUT2D eigenvalue weighted by atomic mass is 15.3. The van der Waals surface area contributed by atoms with E-state index in [1.807, 2.05) is 0 Å². The van der Waals surface area contributed by atoms with Crippen LogP contribution in [0.4, 0.5) is 0 Å². The van der Waals surface area contributed by atoms with E-state index in [4.69, 9.17) is 0 Å². The van der Waals surface area contributed by atoms with Crippen molar-refractivity contribution in [2.75, 3.05) is 13.1 Å². The van der Waals surface area contributed by atoms with Crippen molar-refractivity contribution in [1.29, 1.82) is 0 Å². The summed E-state index contributed by atoms with van der Waals surface area (Å²) in [6.45, 7) is 10.4. The predicted octanol–water partition coefficient (Wildman–Crippen LogP) is 3.21. The summed E-state index contributed by atoms with van der Waals surface area (Å²) in [6, 6.07) is 9.82. The first kappa shape index (κ1) is 14.1. The van der Waals surface area contributed by atoms with Gasteiger partial charge in [0.25, 0.3) is 0 Å². The van der Waals surface area contributed by atoms with Gasteiger partial charge in [-0.2, -0.15) is 0 Å². The lowest BCUT2D eigenvalue weighted by Crippen LogP contribution is -2.63. The van der Waals surface area contributed by atoms with Gasteiger partial charge in [-0.15, -0.1) is 0 Å². The molecule has 0 amide bonds. The molecule has 1 aromatic carbocycles. The molecule has 1 heterocycles. The molecule has 2 atom stereocenters. The van der Waals surface area contributed by atoms with E-state index in [2.05, 4.69) is 55.3 Å². The molecule has 0 spiro atoms. The lowest BCUT2D eigenvalue weighted by molar-refractivity contribution is 0.0312. The molecule has 1 aliphatic heterocycles. The first-order valence-electron chi connectivity index (χ1n) is 8.18. The minimum Gasteiger partial charge on any atom is -0.311 e. The summed E-state index contributed by atoms with van der Waals surface area (Å²) in [7, 11) is 0. The standard InChI is InChI=1S/C18H28N2/c1-4-15-5-7-16(8-6-15)12-20-11-14(2)19-13-18(20,3)17-9-10-17/h5-8,14,17,19H,4,9-13H2,1-3H3. The normalized spacial score (nSPS) is 31.4. The largest absolute Gasteiger partial charge is 0.311 e. The van der Waals surface area contributed by atoms with Crippen LogP contribution in [-0.4, -0.2) is 29.6 Å². The number of aryl methyl sites for hydroxylation is 1. The Morgan fingerprint density at radius 3 is 2.45 bits per heavy atom. The molecule has 0 bridgehead atoms. The van der Waals surface area contributed by atoms with E-state index in [9.17, 15) is 0 Å². The summed E-state index contributed by atoms with van der Waals surface area (Å²) in [5.41, 5.74) is 3.26. The van der Waals surface area contributed by atoms with Crippen LogP contribution in [0.15, 0.2) is 24.3 Å². The number of hydrogen-bond donors (Lipinski definition) is 1. The molecule has 2 unspecified atom stereocenters. The Morgan fingerprint density at radius 2 is 1.85 bits per heavy atom. The fraction of sp³-hybridized carbons (Fsp3) is 0.667. The average molecular weight is 272 g/mol. The number of nitrogens with one attached hydrogen (secondary N) is 1. The highest BCUT2D eigenvalue weighted by molar-refractivity contribution is 5.23. The molecular formula is C18H28N2. The van der Waals surface area contributed by atoms with Gasteiger partial charge < -0.3 is 5.32 Å². The second-order valence-electron chi connectivity index (χ2n) is 6.96. The molecule has 3 rings (SSSR count). The van der Waals surface area contributed by atoms with Crippen molar-refractivity contribution in [3.8, 4) is 0 Å². The summed E-state index contributed by atoms with van der Waals surface area (Å²) in [4.78, 5) is 2.73. The number of benzene rings is 1. The van der Waals surface area contributed by atoms with Crippen LogP contribution in [0, 0.1) is 5.92 Å². The van der Waals surface area contributed by atoms with Crippen LogP contribution in [0.3, 0.4) is 0 Å². The van der Waals surface area contributed by atoms with Crippen LogP contribution in [0.25, 0.3) is 0 Å². The summed E-state index contributed by atoms with van der Waals surface area (Å²) in [5.74, 6) is 0.900. The smallest absolute Gasteiger partial charge is 0.0338 e. The van der Waals surface area contributed by atoms with Crippen molar-refractivity contribution >= 4 is 0 Å². The third-order valence-corrected chi connectivity index (χ3v) is 5.29. The van der Waals surface area contributed by atoms with Crippen LogP contribution in [0.1, 0.15) is 44.7 Å². The second kappa shape index (κ2) is 5.50. The Labute approximate surface area is 123 Å². The van der Waals surface area contributed by atoms with Crippen molar-refractivity contribution in [2.24, 2.45) is 5.92 Å². The maximum absolute atomic E-state index is 3.69. The number of piperazine rings is 1. The van der Waals surface area contributed by atoms with Crippen LogP contribution < -0.4 is 5.32 Å². The average Bonchev–Trinajstić information content (AvgIpc) is 3.29. The Balaban J connectivity index is 1.74. The SMILES string of the molecule is CCc1ccc(CN2CC(C)NCC2(C)C2CC2)cc1. The first-order chi connectivity index (χ1) is 9.61. The van der Waals surface area contributed by atoms with Gasteiger partial charge in [0.15, 0.2) is 0 Å². The second-order valence-corrected chi connectivity index (χ2v) is 6.96. The van der Waals surface area contributed by atoms with E-state index >= 15 is 0 Å². The summed E-state index contributed by atoms with van der Waals surface area (Å²) in [5, 5.41) is 3.69. The number of rotatable bonds is 4. The Hall–Kier alpha value is -0.860. The monoisotopic (exact) mass is 272 g/mol. The molecule has 20 heavy (non-hydrogen) atoms. The van der Waals surface area contributed by atoms with Gasteiger partial charge in [-0.25, -0.2) is 0 Å². The van der Waals surface area contributed by atoms with Crippen LogP contribution in [0.2, 0.25) is 0 Å². The summed E-state index contributed by atoms with van der Waals surface area (Å²) in [6.07, 6.45) is 3.96. The van der Waals surface area contributed by atoms with Crippen molar-refractivity contribution < 1.29 is 0 Å². The third kappa shape index (κ3) is 2.77. The Morgan fingerprint density at radius 1 is 1.20 bits per heavy atom. The van der Waals surface area contributed by atoms with Gasteiger partial charge in [0.1, 0.15) is 0 Å². The quantitative estimate of drug-likeness (QED) is 0.905. The fourth-order valence-corrected chi connectivity index (χ4v) is 3.55. The van der Waals surface area contributed by atoms with Gasteiger partial charge in [0.2, 0.25) is 0 Å². The fourth-order valence-electron chi connectivity index (χ4n) is 3.55. The van der Waals surface area contributed by atoms with Gasteiger partial charge in [-0.1, -0.05) is 31.2 Å². The molecule has 1 aromatic rings.